The van der Waals surface area contributed by atoms with Crippen LogP contribution in [0.5, 0.6) is 5.75 Å². The number of amides is 1. The third kappa shape index (κ3) is 3.40. The molecule has 1 fully saturated rings. The molecule has 1 amide bonds. The van der Waals surface area contributed by atoms with Gasteiger partial charge in [0.25, 0.3) is 5.91 Å². The van der Waals surface area contributed by atoms with Crippen LogP contribution in [0.1, 0.15) is 49.4 Å². The zero-order chi connectivity index (χ0) is 16.0. The summed E-state index contributed by atoms with van der Waals surface area (Å²) in [5.74, 6) is -0.139. The van der Waals surface area contributed by atoms with Crippen molar-refractivity contribution in [2.75, 3.05) is 13.7 Å². The molecular formula is C17H23NO4. The normalized spacial score (nSPS) is 16.6. The van der Waals surface area contributed by atoms with Gasteiger partial charge in [0, 0.05) is 0 Å². The number of para-hydroxylation sites is 1. The van der Waals surface area contributed by atoms with Gasteiger partial charge >= 0.3 is 5.97 Å². The lowest BCUT2D eigenvalue weighted by molar-refractivity contribution is -0.152. The van der Waals surface area contributed by atoms with Gasteiger partial charge in [-0.05, 0) is 31.9 Å². The molecule has 1 aromatic rings. The van der Waals surface area contributed by atoms with Crippen LogP contribution in [-0.4, -0.2) is 31.1 Å². The van der Waals surface area contributed by atoms with Gasteiger partial charge in [-0.25, -0.2) is 4.79 Å². The second kappa shape index (κ2) is 7.29. The highest BCUT2D eigenvalue weighted by atomic mass is 16.5. The molecule has 120 valence electrons. The molecule has 1 aromatic carbocycles. The molecule has 5 heteroatoms. The van der Waals surface area contributed by atoms with Crippen molar-refractivity contribution >= 4 is 11.9 Å². The van der Waals surface area contributed by atoms with Crippen molar-refractivity contribution in [3.63, 3.8) is 0 Å². The van der Waals surface area contributed by atoms with Gasteiger partial charge in [0.15, 0.2) is 0 Å². The average Bonchev–Trinajstić information content (AvgIpc) is 2.55. The van der Waals surface area contributed by atoms with Crippen LogP contribution in [0.2, 0.25) is 0 Å². The van der Waals surface area contributed by atoms with Gasteiger partial charge in [-0.15, -0.1) is 0 Å². The number of benzene rings is 1. The lowest BCUT2D eigenvalue weighted by Gasteiger charge is -2.35. The number of ether oxygens (including phenoxy) is 2. The number of rotatable bonds is 5. The van der Waals surface area contributed by atoms with E-state index in [-0.39, 0.29) is 11.9 Å². The highest BCUT2D eigenvalue weighted by Gasteiger charge is 2.42. The molecule has 1 aliphatic carbocycles. The topological polar surface area (TPSA) is 64.6 Å². The van der Waals surface area contributed by atoms with Crippen LogP contribution < -0.4 is 10.1 Å². The van der Waals surface area contributed by atoms with Crippen LogP contribution in [0.3, 0.4) is 0 Å². The van der Waals surface area contributed by atoms with Gasteiger partial charge in [-0.3, -0.25) is 4.79 Å². The Morgan fingerprint density at radius 2 is 1.86 bits per heavy atom. The molecule has 0 aromatic heterocycles. The van der Waals surface area contributed by atoms with Crippen molar-refractivity contribution < 1.29 is 19.1 Å². The molecule has 5 nitrogen and oxygen atoms in total. The molecule has 0 atom stereocenters. The van der Waals surface area contributed by atoms with E-state index in [4.69, 9.17) is 9.47 Å². The summed E-state index contributed by atoms with van der Waals surface area (Å²) in [6.45, 7) is 2.08. The van der Waals surface area contributed by atoms with Crippen LogP contribution >= 0.6 is 0 Å². The Hall–Kier alpha value is -2.04. The Bertz CT molecular complexity index is 535. The first-order valence-corrected chi connectivity index (χ1v) is 7.75. The van der Waals surface area contributed by atoms with E-state index >= 15 is 0 Å². The largest absolute Gasteiger partial charge is 0.496 e. The maximum absolute atomic E-state index is 12.6. The Labute approximate surface area is 131 Å². The van der Waals surface area contributed by atoms with Gasteiger partial charge in [0.2, 0.25) is 0 Å². The summed E-state index contributed by atoms with van der Waals surface area (Å²) >= 11 is 0. The van der Waals surface area contributed by atoms with Crippen molar-refractivity contribution in [3.05, 3.63) is 29.8 Å². The van der Waals surface area contributed by atoms with Crippen molar-refractivity contribution in [3.8, 4) is 5.75 Å². The summed E-state index contributed by atoms with van der Waals surface area (Å²) in [7, 11) is 1.52. The fourth-order valence-corrected chi connectivity index (χ4v) is 2.92. The first kappa shape index (κ1) is 16.3. The summed E-state index contributed by atoms with van der Waals surface area (Å²) in [6.07, 6.45) is 4.13. The van der Waals surface area contributed by atoms with Crippen LogP contribution in [0.4, 0.5) is 0 Å². The molecule has 0 heterocycles. The molecule has 0 unspecified atom stereocenters. The van der Waals surface area contributed by atoms with E-state index in [0.717, 1.165) is 19.3 Å². The van der Waals surface area contributed by atoms with Crippen LogP contribution in [0, 0.1) is 0 Å². The Morgan fingerprint density at radius 3 is 2.50 bits per heavy atom. The molecule has 22 heavy (non-hydrogen) atoms. The van der Waals surface area contributed by atoms with Gasteiger partial charge in [0.1, 0.15) is 11.3 Å². The van der Waals surface area contributed by atoms with Crippen molar-refractivity contribution in [1.82, 2.24) is 5.32 Å². The molecule has 1 aliphatic rings. The van der Waals surface area contributed by atoms with Crippen molar-refractivity contribution in [2.24, 2.45) is 0 Å². The molecule has 0 bridgehead atoms. The van der Waals surface area contributed by atoms with E-state index in [9.17, 15) is 9.59 Å². The second-order valence-electron chi connectivity index (χ2n) is 5.52. The minimum atomic E-state index is -0.911. The lowest BCUT2D eigenvalue weighted by atomic mass is 9.81. The first-order chi connectivity index (χ1) is 10.6. The molecule has 0 aliphatic heterocycles. The van der Waals surface area contributed by atoms with E-state index in [0.29, 0.717) is 30.8 Å². The minimum Gasteiger partial charge on any atom is -0.496 e. The van der Waals surface area contributed by atoms with E-state index in [2.05, 4.69) is 5.32 Å². The summed E-state index contributed by atoms with van der Waals surface area (Å²) in [6, 6.07) is 7.00. The molecule has 0 radical (unpaired) electrons. The molecule has 1 saturated carbocycles. The zero-order valence-corrected chi connectivity index (χ0v) is 13.2. The quantitative estimate of drug-likeness (QED) is 0.850. The maximum atomic E-state index is 12.6. The smallest absolute Gasteiger partial charge is 0.331 e. The van der Waals surface area contributed by atoms with Crippen molar-refractivity contribution in [2.45, 2.75) is 44.6 Å². The molecule has 0 saturated heterocycles. The first-order valence-electron chi connectivity index (χ1n) is 7.75. The Kier molecular flexibility index (Phi) is 5.41. The third-order valence-corrected chi connectivity index (χ3v) is 4.08. The lowest BCUT2D eigenvalue weighted by Crippen LogP contribution is -2.56. The van der Waals surface area contributed by atoms with Gasteiger partial charge in [-0.2, -0.15) is 0 Å². The highest BCUT2D eigenvalue weighted by molar-refractivity contribution is 6.00. The maximum Gasteiger partial charge on any atom is 0.331 e. The standard InChI is InChI=1S/C17H23NO4/c1-3-22-16(20)17(11-7-4-8-12-17)18-15(19)13-9-5-6-10-14(13)21-2/h5-6,9-10H,3-4,7-8,11-12H2,1-2H3,(H,18,19). The number of esters is 1. The SMILES string of the molecule is CCOC(=O)C1(NC(=O)c2ccccc2OC)CCCCC1. The van der Waals surface area contributed by atoms with Gasteiger partial charge in [-0.1, -0.05) is 31.4 Å². The van der Waals surface area contributed by atoms with Crippen molar-refractivity contribution in [1.29, 1.82) is 0 Å². The van der Waals surface area contributed by atoms with Gasteiger partial charge < -0.3 is 14.8 Å². The second-order valence-corrected chi connectivity index (χ2v) is 5.52. The predicted molar refractivity (Wildman–Crippen MR) is 82.9 cm³/mol. The Morgan fingerprint density at radius 1 is 1.18 bits per heavy atom. The number of carbonyl (C=O) groups excluding carboxylic acids is 2. The zero-order valence-electron chi connectivity index (χ0n) is 13.2. The summed E-state index contributed by atoms with van der Waals surface area (Å²) in [5.41, 5.74) is -0.481. The number of carbonyl (C=O) groups is 2. The predicted octanol–water partition coefficient (Wildman–Crippen LogP) is 2.69. The van der Waals surface area contributed by atoms with Crippen LogP contribution in [0.15, 0.2) is 24.3 Å². The number of methoxy groups -OCH3 is 1. The number of hydrogen-bond donors (Lipinski definition) is 1. The highest BCUT2D eigenvalue weighted by Crippen LogP contribution is 2.30. The monoisotopic (exact) mass is 305 g/mol. The summed E-state index contributed by atoms with van der Waals surface area (Å²) in [4.78, 5) is 25.0. The third-order valence-electron chi connectivity index (χ3n) is 4.08. The van der Waals surface area contributed by atoms with E-state index in [1.165, 1.54) is 7.11 Å². The molecule has 1 N–H and O–H groups in total. The average molecular weight is 305 g/mol. The summed E-state index contributed by atoms with van der Waals surface area (Å²) in [5, 5.41) is 2.91. The van der Waals surface area contributed by atoms with E-state index in [1.54, 1.807) is 31.2 Å². The van der Waals surface area contributed by atoms with Crippen LogP contribution in [-0.2, 0) is 9.53 Å². The van der Waals surface area contributed by atoms with Gasteiger partial charge in [0.05, 0.1) is 19.3 Å². The molecule has 2 rings (SSSR count). The number of hydrogen-bond acceptors (Lipinski definition) is 4. The fraction of sp³-hybridized carbons (Fsp3) is 0.529. The summed E-state index contributed by atoms with van der Waals surface area (Å²) < 4.78 is 10.4. The van der Waals surface area contributed by atoms with Crippen LogP contribution in [0.25, 0.3) is 0 Å². The minimum absolute atomic E-state index is 0.299. The fourth-order valence-electron chi connectivity index (χ4n) is 2.92. The number of nitrogens with one attached hydrogen (secondary N) is 1. The Balaban J connectivity index is 2.23. The van der Waals surface area contributed by atoms with E-state index in [1.807, 2.05) is 0 Å². The molecular weight excluding hydrogens is 282 g/mol. The van der Waals surface area contributed by atoms with E-state index < -0.39 is 5.54 Å². The molecule has 0 spiro atoms.